The van der Waals surface area contributed by atoms with Crippen LogP contribution in [0.15, 0.2) is 75.3 Å². The third kappa shape index (κ3) is 6.22. The summed E-state index contributed by atoms with van der Waals surface area (Å²) in [6.07, 6.45) is 1.55. The number of nitrogens with one attached hydrogen (secondary N) is 2. The van der Waals surface area contributed by atoms with Gasteiger partial charge in [-0.25, -0.2) is 9.69 Å². The topological polar surface area (TPSA) is 87.7 Å². The van der Waals surface area contributed by atoms with Gasteiger partial charge in [-0.05, 0) is 92.7 Å². The number of hydrogen-bond donors (Lipinski definition) is 2. The molecule has 9 heteroatoms. The number of aryl methyl sites for hydroxylation is 2. The van der Waals surface area contributed by atoms with Gasteiger partial charge in [0.25, 0.3) is 5.91 Å². The van der Waals surface area contributed by atoms with Crippen LogP contribution in [0.2, 0.25) is 0 Å². The molecule has 0 unspecified atom stereocenters. The predicted molar refractivity (Wildman–Crippen MR) is 145 cm³/mol. The summed E-state index contributed by atoms with van der Waals surface area (Å²) in [7, 11) is 0. The van der Waals surface area contributed by atoms with Gasteiger partial charge >= 0.3 is 6.03 Å². The minimum atomic E-state index is -0.651. The Hall–Kier alpha value is -3.43. The first kappa shape index (κ1) is 25.7. The molecule has 4 amide bonds. The number of hydrogen-bond acceptors (Lipinski definition) is 4. The van der Waals surface area contributed by atoms with Crippen molar-refractivity contribution in [3.8, 4) is 5.75 Å². The van der Waals surface area contributed by atoms with E-state index in [0.717, 1.165) is 16.0 Å². The van der Waals surface area contributed by atoms with Gasteiger partial charge in [-0.3, -0.25) is 9.59 Å². The maximum atomic E-state index is 12.8. The van der Waals surface area contributed by atoms with Gasteiger partial charge in [0, 0.05) is 5.69 Å². The number of urea groups is 1. The van der Waals surface area contributed by atoms with E-state index in [2.05, 4.69) is 42.5 Å². The SMILES string of the molecule is Cc1ccc(COc2c(Br)cc(/C=C3/NC(=O)N(CC(=O)Nc4cccc(C)c4)C3=O)cc2Br)cc1. The van der Waals surface area contributed by atoms with Crippen molar-refractivity contribution in [3.05, 3.63) is 97.6 Å². The molecule has 1 heterocycles. The Morgan fingerprint density at radius 2 is 1.69 bits per heavy atom. The van der Waals surface area contributed by atoms with Crippen LogP contribution >= 0.6 is 31.9 Å². The summed E-state index contributed by atoms with van der Waals surface area (Å²) in [6, 6.07) is 18.3. The first-order valence-corrected chi connectivity index (χ1v) is 12.7. The van der Waals surface area contributed by atoms with Crippen LogP contribution < -0.4 is 15.4 Å². The van der Waals surface area contributed by atoms with Crippen LogP contribution in [-0.2, 0) is 16.2 Å². The fraction of sp³-hybridized carbons (Fsp3) is 0.148. The highest BCUT2D eigenvalue weighted by Gasteiger charge is 2.35. The molecule has 1 aliphatic rings. The number of imide groups is 1. The van der Waals surface area contributed by atoms with Gasteiger partial charge in [-0.15, -0.1) is 0 Å². The van der Waals surface area contributed by atoms with Gasteiger partial charge in [-0.1, -0.05) is 42.0 Å². The van der Waals surface area contributed by atoms with Gasteiger partial charge in [-0.2, -0.15) is 0 Å². The number of benzene rings is 3. The molecule has 0 atom stereocenters. The quantitative estimate of drug-likeness (QED) is 0.255. The normalized spacial score (nSPS) is 14.2. The molecule has 0 bridgehead atoms. The third-order valence-corrected chi connectivity index (χ3v) is 6.58. The standard InChI is InChI=1S/C27H23Br2N3O4/c1-16-6-8-18(9-7-16)15-36-25-21(28)11-19(12-22(25)29)13-23-26(34)32(27(35)31-23)14-24(33)30-20-5-3-4-17(2)10-20/h3-13H,14-15H2,1-2H3,(H,30,33)(H,31,35)/b23-13+. The zero-order valence-corrected chi connectivity index (χ0v) is 22.8. The largest absolute Gasteiger partial charge is 0.487 e. The van der Waals surface area contributed by atoms with E-state index in [1.807, 2.05) is 50.2 Å². The molecule has 1 fully saturated rings. The summed E-state index contributed by atoms with van der Waals surface area (Å²) >= 11 is 7.04. The van der Waals surface area contributed by atoms with Crippen molar-refractivity contribution in [3.63, 3.8) is 0 Å². The number of rotatable bonds is 7. The number of amides is 4. The lowest BCUT2D eigenvalue weighted by molar-refractivity contribution is -0.127. The summed E-state index contributed by atoms with van der Waals surface area (Å²) in [5.41, 5.74) is 4.54. The number of ether oxygens (including phenoxy) is 1. The minimum Gasteiger partial charge on any atom is -0.487 e. The second kappa shape index (κ2) is 11.1. The first-order chi connectivity index (χ1) is 17.2. The summed E-state index contributed by atoms with van der Waals surface area (Å²) in [5.74, 6) is -0.425. The molecular weight excluding hydrogens is 590 g/mol. The lowest BCUT2D eigenvalue weighted by Gasteiger charge is -2.12. The van der Waals surface area contributed by atoms with Gasteiger partial charge in [0.1, 0.15) is 24.6 Å². The van der Waals surface area contributed by atoms with Crippen molar-refractivity contribution < 1.29 is 19.1 Å². The van der Waals surface area contributed by atoms with Crippen LogP contribution in [0, 0.1) is 13.8 Å². The second-order valence-electron chi connectivity index (χ2n) is 8.39. The molecule has 36 heavy (non-hydrogen) atoms. The fourth-order valence-corrected chi connectivity index (χ4v) is 5.04. The van der Waals surface area contributed by atoms with Crippen molar-refractivity contribution in [2.24, 2.45) is 0 Å². The lowest BCUT2D eigenvalue weighted by Crippen LogP contribution is -2.38. The highest BCUT2D eigenvalue weighted by molar-refractivity contribution is 9.11. The second-order valence-corrected chi connectivity index (χ2v) is 10.1. The van der Waals surface area contributed by atoms with Crippen molar-refractivity contribution in [2.45, 2.75) is 20.5 Å². The molecule has 184 valence electrons. The zero-order valence-electron chi connectivity index (χ0n) is 19.6. The molecular formula is C27H23Br2N3O4. The van der Waals surface area contributed by atoms with Crippen molar-refractivity contribution >= 4 is 61.5 Å². The van der Waals surface area contributed by atoms with Crippen LogP contribution in [-0.4, -0.2) is 29.3 Å². The maximum Gasteiger partial charge on any atom is 0.329 e. The minimum absolute atomic E-state index is 0.0791. The highest BCUT2D eigenvalue weighted by Crippen LogP contribution is 2.36. The number of carbonyl (C=O) groups is 3. The van der Waals surface area contributed by atoms with Crippen molar-refractivity contribution in [1.29, 1.82) is 0 Å². The Morgan fingerprint density at radius 1 is 1.00 bits per heavy atom. The van der Waals surface area contributed by atoms with Crippen LogP contribution in [0.25, 0.3) is 6.08 Å². The monoisotopic (exact) mass is 611 g/mol. The Bertz CT molecular complexity index is 1350. The molecule has 3 aromatic carbocycles. The lowest BCUT2D eigenvalue weighted by atomic mass is 10.1. The number of nitrogens with zero attached hydrogens (tertiary/aromatic N) is 1. The zero-order chi connectivity index (χ0) is 25.8. The number of anilines is 1. The van der Waals surface area contributed by atoms with E-state index >= 15 is 0 Å². The third-order valence-electron chi connectivity index (χ3n) is 5.40. The molecule has 0 radical (unpaired) electrons. The van der Waals surface area contributed by atoms with E-state index in [1.165, 1.54) is 5.56 Å². The van der Waals surface area contributed by atoms with E-state index in [0.29, 0.717) is 32.6 Å². The van der Waals surface area contributed by atoms with Crippen LogP contribution in [0.1, 0.15) is 22.3 Å². The Kier molecular flexibility index (Phi) is 7.91. The van der Waals surface area contributed by atoms with E-state index in [-0.39, 0.29) is 5.70 Å². The number of halogens is 2. The number of carbonyl (C=O) groups excluding carboxylic acids is 3. The smallest absolute Gasteiger partial charge is 0.329 e. The maximum absolute atomic E-state index is 12.8. The average molecular weight is 613 g/mol. The summed E-state index contributed by atoms with van der Waals surface area (Å²) < 4.78 is 7.33. The summed E-state index contributed by atoms with van der Waals surface area (Å²) in [6.45, 7) is 3.94. The van der Waals surface area contributed by atoms with Gasteiger partial charge in [0.05, 0.1) is 8.95 Å². The molecule has 1 aliphatic heterocycles. The van der Waals surface area contributed by atoms with Gasteiger partial charge < -0.3 is 15.4 Å². The average Bonchev–Trinajstić information content (AvgIpc) is 3.07. The van der Waals surface area contributed by atoms with Gasteiger partial charge in [0.15, 0.2) is 0 Å². The van der Waals surface area contributed by atoms with E-state index in [1.54, 1.807) is 30.3 Å². The molecule has 4 rings (SSSR count). The molecule has 3 aromatic rings. The van der Waals surface area contributed by atoms with E-state index in [4.69, 9.17) is 4.74 Å². The summed E-state index contributed by atoms with van der Waals surface area (Å²) in [5, 5.41) is 5.25. The Labute approximate surface area is 225 Å². The first-order valence-electron chi connectivity index (χ1n) is 11.1. The predicted octanol–water partition coefficient (Wildman–Crippen LogP) is 5.94. The van der Waals surface area contributed by atoms with E-state index < -0.39 is 24.4 Å². The fourth-order valence-electron chi connectivity index (χ4n) is 3.59. The Balaban J connectivity index is 1.43. The summed E-state index contributed by atoms with van der Waals surface area (Å²) in [4.78, 5) is 38.5. The van der Waals surface area contributed by atoms with Crippen LogP contribution in [0.3, 0.4) is 0 Å². The highest BCUT2D eigenvalue weighted by atomic mass is 79.9. The molecule has 0 saturated carbocycles. The van der Waals surface area contributed by atoms with Crippen molar-refractivity contribution in [1.82, 2.24) is 10.2 Å². The van der Waals surface area contributed by atoms with Gasteiger partial charge in [0.2, 0.25) is 5.91 Å². The molecule has 0 spiro atoms. The molecule has 2 N–H and O–H groups in total. The van der Waals surface area contributed by atoms with Crippen LogP contribution in [0.5, 0.6) is 5.75 Å². The van der Waals surface area contributed by atoms with Crippen molar-refractivity contribution in [2.75, 3.05) is 11.9 Å². The molecule has 0 aromatic heterocycles. The van der Waals surface area contributed by atoms with E-state index in [9.17, 15) is 14.4 Å². The van der Waals surface area contributed by atoms with Crippen LogP contribution in [0.4, 0.5) is 10.5 Å². The Morgan fingerprint density at radius 3 is 2.36 bits per heavy atom. The molecule has 0 aliphatic carbocycles. The molecule has 7 nitrogen and oxygen atoms in total. The molecule has 1 saturated heterocycles.